The molecule has 4 nitrogen and oxygen atoms in total. The summed E-state index contributed by atoms with van der Waals surface area (Å²) in [5.41, 5.74) is 2.60. The largest absolute Gasteiger partial charge is 0.480 e. The first kappa shape index (κ1) is 27.7. The molecule has 3 saturated carbocycles. The third kappa shape index (κ3) is 5.75. The average Bonchev–Trinajstić information content (AvgIpc) is 3.11. The van der Waals surface area contributed by atoms with Gasteiger partial charge in [-0.25, -0.2) is 0 Å². The highest BCUT2D eigenvalue weighted by molar-refractivity contribution is 5.68. The Hall–Kier alpha value is -0.870. The van der Waals surface area contributed by atoms with Crippen LogP contribution in [0.5, 0.6) is 0 Å². The van der Waals surface area contributed by atoms with Gasteiger partial charge in [0.1, 0.15) is 0 Å². The molecule has 4 aliphatic rings. The summed E-state index contributed by atoms with van der Waals surface area (Å²) >= 11 is 0. The second kappa shape index (κ2) is 11.5. The number of carboxylic acid groups (broad SMARTS) is 1. The van der Waals surface area contributed by atoms with E-state index < -0.39 is 5.97 Å². The van der Waals surface area contributed by atoms with Crippen LogP contribution in [0.3, 0.4) is 0 Å². The zero-order valence-corrected chi connectivity index (χ0v) is 22.9. The third-order valence-electron chi connectivity index (χ3n) is 10.6. The van der Waals surface area contributed by atoms with E-state index in [4.69, 9.17) is 5.11 Å². The van der Waals surface area contributed by atoms with E-state index in [2.05, 4.69) is 46.0 Å². The fourth-order valence-corrected chi connectivity index (χ4v) is 8.82. The molecule has 0 bridgehead atoms. The third-order valence-corrected chi connectivity index (χ3v) is 10.6. The lowest BCUT2D eigenvalue weighted by molar-refractivity contribution is -0.135. The number of aliphatic hydroxyl groups excluding tert-OH is 1. The minimum atomic E-state index is -0.822. The maximum atomic E-state index is 10.2. The lowest BCUT2D eigenvalue weighted by Gasteiger charge is -2.58. The molecule has 8 atom stereocenters. The number of aliphatic carboxylic acids is 1. The van der Waals surface area contributed by atoms with E-state index >= 15 is 0 Å². The molecule has 4 rings (SSSR count). The van der Waals surface area contributed by atoms with Crippen molar-refractivity contribution >= 4 is 5.97 Å². The van der Waals surface area contributed by atoms with Crippen LogP contribution in [-0.4, -0.2) is 35.9 Å². The predicted octanol–water partition coefficient (Wildman–Crippen LogP) is 6.68. The zero-order chi connectivity index (χ0) is 25.1. The van der Waals surface area contributed by atoms with E-state index in [-0.39, 0.29) is 12.6 Å². The summed E-state index contributed by atoms with van der Waals surface area (Å²) in [6, 6.07) is 0. The number of hydrogen-bond donors (Lipinski definition) is 3. The Labute approximate surface area is 209 Å². The summed E-state index contributed by atoms with van der Waals surface area (Å²) in [4.78, 5) is 9.54. The van der Waals surface area contributed by atoms with E-state index in [0.29, 0.717) is 10.8 Å². The second-order valence-corrected chi connectivity index (χ2v) is 13.1. The van der Waals surface area contributed by atoms with Gasteiger partial charge in [0.2, 0.25) is 0 Å². The Balaban J connectivity index is 0.000000481. The number of hydrogen-bond acceptors (Lipinski definition) is 3. The fourth-order valence-electron chi connectivity index (χ4n) is 8.82. The molecule has 3 fully saturated rings. The van der Waals surface area contributed by atoms with Crippen LogP contribution < -0.4 is 5.32 Å². The standard InChI is InChI=1S/C27H46O.C3H7NO2/c1-18(2)7-6-8-19(3)23-11-12-24-22-10-9-20-17-21(28)13-15-26(20,4)25(22)14-16-27(23,24)5;1-4-2-3(5)6/h9,18-19,21-25,28H,6-8,10-17H2,1-5H3;4H,2H2,1H3,(H,5,6)/t19?,21-,22-,23+,24-,25-,26-,27+;/m0./s1. The SMILES string of the molecule is CC(C)CCCC(C)[C@H]1CC[C@H]2[C@@H]3CC=C4C[C@@H](O)CC[C@]4(C)[C@H]3CC[C@]12C.CNCC(=O)O. The van der Waals surface area contributed by atoms with Crippen LogP contribution in [0, 0.1) is 46.3 Å². The van der Waals surface area contributed by atoms with E-state index in [1.54, 1.807) is 12.6 Å². The minimum absolute atomic E-state index is 0.0417. The summed E-state index contributed by atoms with van der Waals surface area (Å²) in [7, 11) is 1.59. The molecule has 4 aliphatic carbocycles. The number of allylic oxidation sites excluding steroid dienone is 1. The first-order valence-corrected chi connectivity index (χ1v) is 14.3. The van der Waals surface area contributed by atoms with E-state index in [9.17, 15) is 9.90 Å². The number of aliphatic hydroxyl groups is 1. The highest BCUT2D eigenvalue weighted by Gasteiger charge is 2.59. The molecule has 0 aromatic rings. The van der Waals surface area contributed by atoms with Gasteiger partial charge in [-0.2, -0.15) is 0 Å². The highest BCUT2D eigenvalue weighted by Crippen LogP contribution is 2.67. The Bertz CT molecular complexity index is 718. The first-order chi connectivity index (χ1) is 16.0. The number of fused-ring (bicyclic) bond motifs is 5. The molecule has 34 heavy (non-hydrogen) atoms. The molecule has 3 N–H and O–H groups in total. The summed E-state index contributed by atoms with van der Waals surface area (Å²) in [5.74, 6) is 4.64. The average molecular weight is 476 g/mol. The maximum absolute atomic E-state index is 10.2. The maximum Gasteiger partial charge on any atom is 0.317 e. The van der Waals surface area contributed by atoms with Crippen molar-refractivity contribution < 1.29 is 15.0 Å². The van der Waals surface area contributed by atoms with E-state index in [0.717, 1.165) is 48.3 Å². The van der Waals surface area contributed by atoms with Gasteiger partial charge in [-0.3, -0.25) is 4.79 Å². The Morgan fingerprint density at radius 2 is 1.82 bits per heavy atom. The molecule has 0 heterocycles. The van der Waals surface area contributed by atoms with Crippen molar-refractivity contribution in [3.8, 4) is 0 Å². The van der Waals surface area contributed by atoms with Gasteiger partial charge in [0.05, 0.1) is 12.6 Å². The monoisotopic (exact) mass is 475 g/mol. The van der Waals surface area contributed by atoms with Crippen LogP contribution in [0.2, 0.25) is 0 Å². The first-order valence-electron chi connectivity index (χ1n) is 14.3. The van der Waals surface area contributed by atoms with Gasteiger partial charge in [0.25, 0.3) is 0 Å². The van der Waals surface area contributed by atoms with E-state index in [1.165, 1.54) is 57.8 Å². The quantitative estimate of drug-likeness (QED) is 0.359. The highest BCUT2D eigenvalue weighted by atomic mass is 16.4. The van der Waals surface area contributed by atoms with E-state index in [1.807, 2.05) is 0 Å². The van der Waals surface area contributed by atoms with Gasteiger partial charge < -0.3 is 15.5 Å². The van der Waals surface area contributed by atoms with Gasteiger partial charge in [-0.1, -0.05) is 65.5 Å². The van der Waals surface area contributed by atoms with Crippen LogP contribution in [0.25, 0.3) is 0 Å². The van der Waals surface area contributed by atoms with Crippen LogP contribution in [0.1, 0.15) is 105 Å². The van der Waals surface area contributed by atoms with Gasteiger partial charge in [-0.15, -0.1) is 0 Å². The molecule has 0 amide bonds. The summed E-state index contributed by atoms with van der Waals surface area (Å²) in [6.45, 7) is 12.6. The molecule has 0 aromatic carbocycles. The molecule has 0 saturated heterocycles. The Morgan fingerprint density at radius 1 is 1.09 bits per heavy atom. The topological polar surface area (TPSA) is 69.6 Å². The molecular formula is C30H53NO3. The Morgan fingerprint density at radius 3 is 2.44 bits per heavy atom. The van der Waals surface area contributed by atoms with Crippen LogP contribution in [0.4, 0.5) is 0 Å². The summed E-state index contributed by atoms with van der Waals surface area (Å²) in [6.07, 6.45) is 17.2. The van der Waals surface area contributed by atoms with Crippen LogP contribution >= 0.6 is 0 Å². The van der Waals surface area contributed by atoms with Crippen molar-refractivity contribution in [2.45, 2.75) is 111 Å². The predicted molar refractivity (Wildman–Crippen MR) is 141 cm³/mol. The number of rotatable bonds is 7. The van der Waals surface area contributed by atoms with Crippen molar-refractivity contribution in [1.82, 2.24) is 5.32 Å². The zero-order valence-electron chi connectivity index (χ0n) is 22.9. The molecule has 196 valence electrons. The Kier molecular flexibility index (Phi) is 9.34. The van der Waals surface area contributed by atoms with Gasteiger partial charge in [-0.05, 0) is 105 Å². The normalized spacial score (nSPS) is 39.8. The van der Waals surface area contributed by atoms with Gasteiger partial charge >= 0.3 is 5.97 Å². The fraction of sp³-hybridized carbons (Fsp3) is 0.900. The molecule has 1 unspecified atom stereocenters. The minimum Gasteiger partial charge on any atom is -0.480 e. The molecular weight excluding hydrogens is 422 g/mol. The van der Waals surface area contributed by atoms with Crippen molar-refractivity contribution in [3.63, 3.8) is 0 Å². The summed E-state index contributed by atoms with van der Waals surface area (Å²) in [5, 5.41) is 20.5. The number of likely N-dealkylation sites (N-methyl/N-ethyl adjacent to an activating group) is 1. The molecule has 4 heteroatoms. The van der Waals surface area contributed by atoms with Crippen LogP contribution in [0.15, 0.2) is 11.6 Å². The number of nitrogens with one attached hydrogen (secondary N) is 1. The molecule has 0 radical (unpaired) electrons. The van der Waals surface area contributed by atoms with Crippen molar-refractivity contribution in [3.05, 3.63) is 11.6 Å². The van der Waals surface area contributed by atoms with Crippen molar-refractivity contribution in [2.75, 3.05) is 13.6 Å². The summed E-state index contributed by atoms with van der Waals surface area (Å²) < 4.78 is 0. The second-order valence-electron chi connectivity index (χ2n) is 13.1. The lowest BCUT2D eigenvalue weighted by Crippen LogP contribution is -2.50. The number of carbonyl (C=O) groups is 1. The van der Waals surface area contributed by atoms with Crippen LogP contribution in [-0.2, 0) is 4.79 Å². The van der Waals surface area contributed by atoms with Crippen molar-refractivity contribution in [1.29, 1.82) is 0 Å². The smallest absolute Gasteiger partial charge is 0.317 e. The number of carboxylic acids is 1. The lowest BCUT2D eigenvalue weighted by atomic mass is 9.47. The van der Waals surface area contributed by atoms with Gasteiger partial charge in [0.15, 0.2) is 0 Å². The molecule has 0 aliphatic heterocycles. The molecule has 0 aromatic heterocycles. The van der Waals surface area contributed by atoms with Gasteiger partial charge in [0, 0.05) is 0 Å². The van der Waals surface area contributed by atoms with Crippen molar-refractivity contribution in [2.24, 2.45) is 46.3 Å². The molecule has 0 spiro atoms.